The number of benzene rings is 1. The average molecular weight is 176 g/mol. The molecule has 0 aliphatic heterocycles. The third-order valence-electron chi connectivity index (χ3n) is 1.61. The molecule has 0 aromatic heterocycles. The largest absolute Gasteiger partial charge is 0.394 e. The van der Waals surface area contributed by atoms with E-state index < -0.39 is 0 Å². The summed E-state index contributed by atoms with van der Waals surface area (Å²) in [6.45, 7) is 0. The van der Waals surface area contributed by atoms with Crippen molar-refractivity contribution in [2.75, 3.05) is 7.05 Å². The summed E-state index contributed by atoms with van der Waals surface area (Å²) in [5.74, 6) is -0.260. The van der Waals surface area contributed by atoms with Crippen LogP contribution < -0.4 is 11.1 Å². The number of rotatable bonds is 2. The van der Waals surface area contributed by atoms with Crippen LogP contribution in [0.5, 0.6) is 0 Å². The number of carbonyl (C=O) groups excluding carboxylic acids is 1. The molecule has 1 aromatic rings. The van der Waals surface area contributed by atoms with Gasteiger partial charge in [0.2, 0.25) is 0 Å². The van der Waals surface area contributed by atoms with Crippen LogP contribution in [0.25, 0.3) is 6.08 Å². The van der Waals surface area contributed by atoms with Crippen molar-refractivity contribution in [3.8, 4) is 0 Å². The SMILES string of the molecule is CNC(=O)C(N)=Cc1ccccc1. The molecule has 68 valence electrons. The van der Waals surface area contributed by atoms with Crippen LogP contribution in [0.2, 0.25) is 0 Å². The van der Waals surface area contributed by atoms with Crippen LogP contribution in [-0.4, -0.2) is 13.0 Å². The lowest BCUT2D eigenvalue weighted by atomic mass is 10.2. The van der Waals surface area contributed by atoms with Gasteiger partial charge in [-0.3, -0.25) is 4.79 Å². The van der Waals surface area contributed by atoms with Gasteiger partial charge in [-0.2, -0.15) is 0 Å². The van der Waals surface area contributed by atoms with Gasteiger partial charge in [0.25, 0.3) is 5.91 Å². The van der Waals surface area contributed by atoms with E-state index in [9.17, 15) is 4.79 Å². The Hall–Kier alpha value is -1.77. The highest BCUT2D eigenvalue weighted by Gasteiger charge is 2.00. The van der Waals surface area contributed by atoms with E-state index in [0.29, 0.717) is 0 Å². The Labute approximate surface area is 77.3 Å². The fourth-order valence-corrected chi connectivity index (χ4v) is 0.939. The maximum absolute atomic E-state index is 11.0. The van der Waals surface area contributed by atoms with Crippen molar-refractivity contribution in [2.24, 2.45) is 5.73 Å². The van der Waals surface area contributed by atoms with Gasteiger partial charge in [0.1, 0.15) is 0 Å². The maximum atomic E-state index is 11.0. The number of nitrogens with one attached hydrogen (secondary N) is 1. The summed E-state index contributed by atoms with van der Waals surface area (Å²) < 4.78 is 0. The van der Waals surface area contributed by atoms with E-state index in [0.717, 1.165) is 5.56 Å². The molecule has 0 aliphatic rings. The zero-order chi connectivity index (χ0) is 9.68. The number of hydrogen-bond donors (Lipinski definition) is 2. The number of likely N-dealkylation sites (N-methyl/N-ethyl adjacent to an activating group) is 1. The Morgan fingerprint density at radius 1 is 1.38 bits per heavy atom. The predicted molar refractivity (Wildman–Crippen MR) is 52.7 cm³/mol. The van der Waals surface area contributed by atoms with Crippen molar-refractivity contribution in [1.29, 1.82) is 0 Å². The smallest absolute Gasteiger partial charge is 0.266 e. The lowest BCUT2D eigenvalue weighted by Gasteiger charge is -1.98. The zero-order valence-electron chi connectivity index (χ0n) is 7.45. The van der Waals surface area contributed by atoms with E-state index >= 15 is 0 Å². The van der Waals surface area contributed by atoms with Gasteiger partial charge in [0.15, 0.2) is 0 Å². The fraction of sp³-hybridized carbons (Fsp3) is 0.100. The highest BCUT2D eigenvalue weighted by atomic mass is 16.1. The van der Waals surface area contributed by atoms with E-state index in [1.165, 1.54) is 0 Å². The number of hydrogen-bond acceptors (Lipinski definition) is 2. The highest BCUT2D eigenvalue weighted by Crippen LogP contribution is 2.02. The first kappa shape index (κ1) is 9.32. The van der Waals surface area contributed by atoms with Gasteiger partial charge in [0, 0.05) is 7.05 Å². The molecule has 3 nitrogen and oxygen atoms in total. The lowest BCUT2D eigenvalue weighted by molar-refractivity contribution is -0.117. The molecule has 0 spiro atoms. The van der Waals surface area contributed by atoms with E-state index in [1.54, 1.807) is 13.1 Å². The molecule has 0 radical (unpaired) electrons. The van der Waals surface area contributed by atoms with Gasteiger partial charge in [0.05, 0.1) is 5.70 Å². The topological polar surface area (TPSA) is 55.1 Å². The Balaban J connectivity index is 2.83. The van der Waals surface area contributed by atoms with Crippen LogP contribution in [0.3, 0.4) is 0 Å². The van der Waals surface area contributed by atoms with Crippen molar-refractivity contribution in [2.45, 2.75) is 0 Å². The number of nitrogens with two attached hydrogens (primary N) is 1. The summed E-state index contributed by atoms with van der Waals surface area (Å²) in [6, 6.07) is 9.46. The van der Waals surface area contributed by atoms with Gasteiger partial charge < -0.3 is 11.1 Å². The molecule has 3 heteroatoms. The highest BCUT2D eigenvalue weighted by molar-refractivity contribution is 5.96. The van der Waals surface area contributed by atoms with Crippen LogP contribution in [0.1, 0.15) is 5.56 Å². The molecular weight excluding hydrogens is 164 g/mol. The van der Waals surface area contributed by atoms with Crippen LogP contribution >= 0.6 is 0 Å². The molecule has 13 heavy (non-hydrogen) atoms. The second kappa shape index (κ2) is 4.30. The van der Waals surface area contributed by atoms with Crippen molar-refractivity contribution in [3.63, 3.8) is 0 Å². The van der Waals surface area contributed by atoms with Crippen molar-refractivity contribution in [1.82, 2.24) is 5.32 Å². The molecule has 0 heterocycles. The molecule has 0 unspecified atom stereocenters. The number of amides is 1. The summed E-state index contributed by atoms with van der Waals surface area (Å²) in [5.41, 5.74) is 6.65. The van der Waals surface area contributed by atoms with Gasteiger partial charge in [-0.1, -0.05) is 30.3 Å². The average Bonchev–Trinajstić information content (AvgIpc) is 2.18. The molecule has 1 rings (SSSR count). The molecule has 3 N–H and O–H groups in total. The van der Waals surface area contributed by atoms with Crippen molar-refractivity contribution in [3.05, 3.63) is 41.6 Å². The molecule has 1 aromatic carbocycles. The zero-order valence-corrected chi connectivity index (χ0v) is 7.45. The second-order valence-electron chi connectivity index (χ2n) is 2.59. The van der Waals surface area contributed by atoms with Crippen LogP contribution in [0.4, 0.5) is 0 Å². The Morgan fingerprint density at radius 2 is 2.00 bits per heavy atom. The normalized spacial score (nSPS) is 11.0. The van der Waals surface area contributed by atoms with Crippen LogP contribution in [0.15, 0.2) is 36.0 Å². The van der Waals surface area contributed by atoms with Gasteiger partial charge in [-0.15, -0.1) is 0 Å². The maximum Gasteiger partial charge on any atom is 0.266 e. The molecule has 0 atom stereocenters. The van der Waals surface area contributed by atoms with E-state index in [2.05, 4.69) is 5.32 Å². The second-order valence-corrected chi connectivity index (χ2v) is 2.59. The third-order valence-corrected chi connectivity index (χ3v) is 1.61. The van der Waals surface area contributed by atoms with E-state index in [4.69, 9.17) is 5.73 Å². The minimum atomic E-state index is -0.260. The minimum absolute atomic E-state index is 0.216. The van der Waals surface area contributed by atoms with Gasteiger partial charge >= 0.3 is 0 Å². The Morgan fingerprint density at radius 3 is 2.54 bits per heavy atom. The van der Waals surface area contributed by atoms with Crippen LogP contribution in [-0.2, 0) is 4.79 Å². The summed E-state index contributed by atoms with van der Waals surface area (Å²) in [4.78, 5) is 11.0. The molecule has 0 saturated carbocycles. The summed E-state index contributed by atoms with van der Waals surface area (Å²) in [5, 5.41) is 2.45. The number of carbonyl (C=O) groups is 1. The lowest BCUT2D eigenvalue weighted by Crippen LogP contribution is -2.24. The molecular formula is C10H12N2O. The van der Waals surface area contributed by atoms with Gasteiger partial charge in [-0.25, -0.2) is 0 Å². The summed E-state index contributed by atoms with van der Waals surface area (Å²) in [7, 11) is 1.55. The Bertz CT molecular complexity index is 317. The standard InChI is InChI=1S/C10H12N2O/c1-12-10(13)9(11)7-8-5-3-2-4-6-8/h2-7H,11H2,1H3,(H,12,13). The minimum Gasteiger partial charge on any atom is -0.394 e. The van der Waals surface area contributed by atoms with E-state index in [-0.39, 0.29) is 11.6 Å². The predicted octanol–water partition coefficient (Wildman–Crippen LogP) is 0.732. The third kappa shape index (κ3) is 2.63. The first-order valence-electron chi connectivity index (χ1n) is 3.98. The Kier molecular flexibility index (Phi) is 3.09. The van der Waals surface area contributed by atoms with E-state index in [1.807, 2.05) is 30.3 Å². The monoisotopic (exact) mass is 176 g/mol. The van der Waals surface area contributed by atoms with Gasteiger partial charge in [-0.05, 0) is 11.6 Å². The molecule has 0 bridgehead atoms. The summed E-state index contributed by atoms with van der Waals surface area (Å²) >= 11 is 0. The summed E-state index contributed by atoms with van der Waals surface area (Å²) in [6.07, 6.45) is 1.64. The molecule has 1 amide bonds. The quantitative estimate of drug-likeness (QED) is 0.653. The fourth-order valence-electron chi connectivity index (χ4n) is 0.939. The first-order chi connectivity index (χ1) is 6.24. The molecule has 0 fully saturated rings. The van der Waals surface area contributed by atoms with Crippen molar-refractivity contribution >= 4 is 12.0 Å². The van der Waals surface area contributed by atoms with Crippen molar-refractivity contribution < 1.29 is 4.79 Å². The first-order valence-corrected chi connectivity index (χ1v) is 3.98. The molecule has 0 aliphatic carbocycles. The molecule has 0 saturated heterocycles. The van der Waals surface area contributed by atoms with Crippen LogP contribution in [0, 0.1) is 0 Å².